The Morgan fingerprint density at radius 3 is 1.95 bits per heavy atom. The number of aromatic nitrogens is 2. The summed E-state index contributed by atoms with van der Waals surface area (Å²) in [6.07, 6.45) is -2.55. The van der Waals surface area contributed by atoms with E-state index in [1.807, 2.05) is 26.8 Å². The van der Waals surface area contributed by atoms with Gasteiger partial charge in [0, 0.05) is 11.6 Å². The average Bonchev–Trinajstić information content (AvgIpc) is 2.77. The highest BCUT2D eigenvalue weighted by molar-refractivity contribution is 5.35. The molecule has 19 heavy (non-hydrogen) atoms. The monoisotopic (exact) mass is 268 g/mol. The highest BCUT2D eigenvalue weighted by Crippen LogP contribution is 2.29. The molecule has 0 bridgehead atoms. The maximum atomic E-state index is 12.5. The van der Waals surface area contributed by atoms with Gasteiger partial charge in [-0.15, -0.1) is 0 Å². The topological polar surface area (TPSA) is 17.8 Å². The predicted molar refractivity (Wildman–Crippen MR) is 67.3 cm³/mol. The molecule has 2 nitrogen and oxygen atoms in total. The van der Waals surface area contributed by atoms with E-state index in [9.17, 15) is 13.2 Å². The van der Waals surface area contributed by atoms with E-state index in [1.54, 1.807) is 10.9 Å². The van der Waals surface area contributed by atoms with Crippen LogP contribution in [-0.4, -0.2) is 9.78 Å². The lowest BCUT2D eigenvalue weighted by atomic mass is 9.93. The van der Waals surface area contributed by atoms with Gasteiger partial charge in [0.1, 0.15) is 0 Å². The minimum atomic E-state index is -4.31. The van der Waals surface area contributed by atoms with Crippen LogP contribution in [0.1, 0.15) is 32.0 Å². The van der Waals surface area contributed by atoms with Gasteiger partial charge in [0.2, 0.25) is 0 Å². The Balaban J connectivity index is 2.31. The second-order valence-electron chi connectivity index (χ2n) is 5.44. The molecule has 1 aromatic heterocycles. The van der Waals surface area contributed by atoms with E-state index in [4.69, 9.17) is 0 Å². The van der Waals surface area contributed by atoms with E-state index in [0.29, 0.717) is 5.69 Å². The normalized spacial score (nSPS) is 12.7. The second-order valence-corrected chi connectivity index (χ2v) is 5.44. The van der Waals surface area contributed by atoms with Crippen molar-refractivity contribution in [2.75, 3.05) is 0 Å². The molecule has 0 aliphatic heterocycles. The number of rotatable bonds is 1. The molecule has 2 rings (SSSR count). The third kappa shape index (κ3) is 2.97. The van der Waals surface area contributed by atoms with Crippen LogP contribution in [0.25, 0.3) is 5.69 Å². The van der Waals surface area contributed by atoms with E-state index in [1.165, 1.54) is 12.1 Å². The van der Waals surface area contributed by atoms with Gasteiger partial charge in [-0.1, -0.05) is 20.8 Å². The van der Waals surface area contributed by atoms with Crippen LogP contribution in [0.15, 0.2) is 36.5 Å². The van der Waals surface area contributed by atoms with Gasteiger partial charge in [0.05, 0.1) is 16.9 Å². The number of hydrogen-bond acceptors (Lipinski definition) is 1. The van der Waals surface area contributed by atoms with Crippen LogP contribution in [0, 0.1) is 0 Å². The highest BCUT2D eigenvalue weighted by Gasteiger charge is 2.30. The Labute approximate surface area is 109 Å². The van der Waals surface area contributed by atoms with Gasteiger partial charge < -0.3 is 0 Å². The molecule has 0 N–H and O–H groups in total. The lowest BCUT2D eigenvalue weighted by molar-refractivity contribution is -0.137. The molecule has 0 saturated carbocycles. The molecule has 0 amide bonds. The van der Waals surface area contributed by atoms with Gasteiger partial charge in [-0.25, -0.2) is 4.68 Å². The summed E-state index contributed by atoms with van der Waals surface area (Å²) in [6.45, 7) is 6.10. The molecular formula is C14H15F3N2. The van der Waals surface area contributed by atoms with Crippen molar-refractivity contribution < 1.29 is 13.2 Å². The fraction of sp³-hybridized carbons (Fsp3) is 0.357. The highest BCUT2D eigenvalue weighted by atomic mass is 19.4. The van der Waals surface area contributed by atoms with Gasteiger partial charge in [0.15, 0.2) is 0 Å². The maximum Gasteiger partial charge on any atom is 0.416 e. The van der Waals surface area contributed by atoms with Crippen LogP contribution >= 0.6 is 0 Å². The molecule has 0 unspecified atom stereocenters. The Hall–Kier alpha value is -1.78. The van der Waals surface area contributed by atoms with Gasteiger partial charge in [0.25, 0.3) is 0 Å². The molecule has 0 saturated heterocycles. The van der Waals surface area contributed by atoms with Crippen molar-refractivity contribution in [3.05, 3.63) is 47.8 Å². The van der Waals surface area contributed by atoms with Crippen molar-refractivity contribution >= 4 is 0 Å². The SMILES string of the molecule is CC(C)(C)c1ccn(-c2ccc(C(F)(F)F)cc2)n1. The molecule has 0 atom stereocenters. The predicted octanol–water partition coefficient (Wildman–Crippen LogP) is 4.19. The summed E-state index contributed by atoms with van der Waals surface area (Å²) in [7, 11) is 0. The first-order valence-electron chi connectivity index (χ1n) is 5.92. The molecule has 1 heterocycles. The lowest BCUT2D eigenvalue weighted by Crippen LogP contribution is -2.12. The maximum absolute atomic E-state index is 12.5. The van der Waals surface area contributed by atoms with Crippen LogP contribution in [0.3, 0.4) is 0 Å². The van der Waals surface area contributed by atoms with Gasteiger partial charge >= 0.3 is 6.18 Å². The van der Waals surface area contributed by atoms with Crippen LogP contribution in [0.2, 0.25) is 0 Å². The van der Waals surface area contributed by atoms with Crippen molar-refractivity contribution in [3.63, 3.8) is 0 Å². The first-order chi connectivity index (χ1) is 8.68. The number of hydrogen-bond donors (Lipinski definition) is 0. The number of nitrogens with zero attached hydrogens (tertiary/aromatic N) is 2. The van der Waals surface area contributed by atoms with Crippen molar-refractivity contribution in [3.8, 4) is 5.69 Å². The van der Waals surface area contributed by atoms with E-state index in [0.717, 1.165) is 17.8 Å². The quantitative estimate of drug-likeness (QED) is 0.758. The van der Waals surface area contributed by atoms with E-state index < -0.39 is 11.7 Å². The zero-order chi connectivity index (χ0) is 14.3. The number of alkyl halides is 3. The van der Waals surface area contributed by atoms with E-state index in [2.05, 4.69) is 5.10 Å². The summed E-state index contributed by atoms with van der Waals surface area (Å²) < 4.78 is 39.0. The Morgan fingerprint density at radius 1 is 0.947 bits per heavy atom. The average molecular weight is 268 g/mol. The summed E-state index contributed by atoms with van der Waals surface area (Å²) in [6, 6.07) is 6.84. The first-order valence-corrected chi connectivity index (χ1v) is 5.92. The van der Waals surface area contributed by atoms with Crippen molar-refractivity contribution in [1.29, 1.82) is 0 Å². The van der Waals surface area contributed by atoms with Crippen LogP contribution in [0.5, 0.6) is 0 Å². The van der Waals surface area contributed by atoms with Gasteiger partial charge in [-0.2, -0.15) is 18.3 Å². The van der Waals surface area contributed by atoms with Crippen molar-refractivity contribution in [2.45, 2.75) is 32.4 Å². The fourth-order valence-electron chi connectivity index (χ4n) is 1.67. The van der Waals surface area contributed by atoms with Gasteiger partial charge in [-0.3, -0.25) is 0 Å². The third-order valence-corrected chi connectivity index (χ3v) is 2.82. The number of halogens is 3. The van der Waals surface area contributed by atoms with Gasteiger partial charge in [-0.05, 0) is 30.3 Å². The Bertz CT molecular complexity index is 560. The zero-order valence-electron chi connectivity index (χ0n) is 11.0. The van der Waals surface area contributed by atoms with E-state index >= 15 is 0 Å². The summed E-state index contributed by atoms with van der Waals surface area (Å²) >= 11 is 0. The second kappa shape index (κ2) is 4.40. The molecule has 0 fully saturated rings. The zero-order valence-corrected chi connectivity index (χ0v) is 11.0. The molecule has 2 aromatic rings. The van der Waals surface area contributed by atoms with Crippen molar-refractivity contribution in [2.24, 2.45) is 0 Å². The lowest BCUT2D eigenvalue weighted by Gasteiger charge is -2.14. The molecular weight excluding hydrogens is 253 g/mol. The smallest absolute Gasteiger partial charge is 0.241 e. The van der Waals surface area contributed by atoms with Crippen LogP contribution in [0.4, 0.5) is 13.2 Å². The standard InChI is InChI=1S/C14H15F3N2/c1-13(2,3)12-8-9-19(18-12)11-6-4-10(5-7-11)14(15,16)17/h4-9H,1-3H3. The first kappa shape index (κ1) is 13.6. The van der Waals surface area contributed by atoms with Crippen LogP contribution in [-0.2, 0) is 11.6 Å². The molecule has 0 aliphatic rings. The fourth-order valence-corrected chi connectivity index (χ4v) is 1.67. The largest absolute Gasteiger partial charge is 0.416 e. The summed E-state index contributed by atoms with van der Waals surface area (Å²) in [5.41, 5.74) is 0.771. The minimum absolute atomic E-state index is 0.0862. The van der Waals surface area contributed by atoms with Crippen LogP contribution < -0.4 is 0 Å². The third-order valence-electron chi connectivity index (χ3n) is 2.82. The minimum Gasteiger partial charge on any atom is -0.241 e. The summed E-state index contributed by atoms with van der Waals surface area (Å²) in [4.78, 5) is 0. The number of benzene rings is 1. The Morgan fingerprint density at radius 2 is 1.53 bits per heavy atom. The summed E-state index contributed by atoms with van der Waals surface area (Å²) in [5.74, 6) is 0. The summed E-state index contributed by atoms with van der Waals surface area (Å²) in [5, 5.41) is 4.38. The molecule has 0 aliphatic carbocycles. The molecule has 0 spiro atoms. The molecule has 5 heteroatoms. The van der Waals surface area contributed by atoms with Crippen molar-refractivity contribution in [1.82, 2.24) is 9.78 Å². The molecule has 0 radical (unpaired) electrons. The molecule has 102 valence electrons. The Kier molecular flexibility index (Phi) is 3.16. The molecule has 1 aromatic carbocycles. The van der Waals surface area contributed by atoms with E-state index in [-0.39, 0.29) is 5.41 Å².